The SMILES string of the molecule is CC1CN=C(Nc2ccc(C#N)cc2Cl)S1. The van der Waals surface area contributed by atoms with Crippen LogP contribution >= 0.6 is 23.4 Å². The minimum Gasteiger partial charge on any atom is -0.334 e. The third-order valence-corrected chi connectivity index (χ3v) is 3.46. The smallest absolute Gasteiger partial charge is 0.161 e. The molecule has 1 aliphatic heterocycles. The van der Waals surface area contributed by atoms with E-state index in [4.69, 9.17) is 16.9 Å². The van der Waals surface area contributed by atoms with Gasteiger partial charge in [-0.2, -0.15) is 5.26 Å². The van der Waals surface area contributed by atoms with Crippen LogP contribution in [0.3, 0.4) is 0 Å². The lowest BCUT2D eigenvalue weighted by Crippen LogP contribution is -2.06. The highest BCUT2D eigenvalue weighted by Crippen LogP contribution is 2.27. The molecule has 0 spiro atoms. The first-order valence-electron chi connectivity index (χ1n) is 4.87. The summed E-state index contributed by atoms with van der Waals surface area (Å²) in [5.41, 5.74) is 1.35. The molecule has 1 unspecified atom stereocenters. The number of anilines is 1. The second-order valence-corrected chi connectivity index (χ2v) is 5.34. The van der Waals surface area contributed by atoms with Crippen LogP contribution in [0.2, 0.25) is 5.02 Å². The molecule has 1 atom stereocenters. The minimum atomic E-state index is 0.514. The Morgan fingerprint density at radius 3 is 3.00 bits per heavy atom. The number of aliphatic imine (C=N–C) groups is 1. The van der Waals surface area contributed by atoms with Gasteiger partial charge in [0.25, 0.3) is 0 Å². The number of rotatable bonds is 1. The number of nitrogens with zero attached hydrogens (tertiary/aromatic N) is 2. The van der Waals surface area contributed by atoms with Gasteiger partial charge in [0.1, 0.15) is 0 Å². The number of nitriles is 1. The maximum absolute atomic E-state index is 8.71. The Kier molecular flexibility index (Phi) is 3.37. The second kappa shape index (κ2) is 4.77. The van der Waals surface area contributed by atoms with Crippen LogP contribution in [-0.2, 0) is 0 Å². The highest BCUT2D eigenvalue weighted by Gasteiger charge is 2.15. The van der Waals surface area contributed by atoms with Gasteiger partial charge in [0, 0.05) is 5.25 Å². The van der Waals surface area contributed by atoms with Crippen LogP contribution < -0.4 is 5.32 Å². The van der Waals surface area contributed by atoms with E-state index in [1.54, 1.807) is 30.0 Å². The van der Waals surface area contributed by atoms with Crippen molar-refractivity contribution in [2.45, 2.75) is 12.2 Å². The quantitative estimate of drug-likeness (QED) is 0.834. The molecule has 0 fully saturated rings. The predicted octanol–water partition coefficient (Wildman–Crippen LogP) is 3.11. The molecule has 0 aromatic heterocycles. The molecule has 1 aromatic rings. The lowest BCUT2D eigenvalue weighted by molar-refractivity contribution is 0.976. The molecule has 5 heteroatoms. The fraction of sp³-hybridized carbons (Fsp3) is 0.273. The molecule has 2 rings (SSSR count). The van der Waals surface area contributed by atoms with Crippen molar-refractivity contribution < 1.29 is 0 Å². The number of hydrogen-bond donors (Lipinski definition) is 1. The van der Waals surface area contributed by atoms with Crippen LogP contribution in [0.5, 0.6) is 0 Å². The van der Waals surface area contributed by atoms with Gasteiger partial charge in [-0.25, -0.2) is 0 Å². The first-order valence-corrected chi connectivity index (χ1v) is 6.12. The molecular weight excluding hydrogens is 242 g/mol. The van der Waals surface area contributed by atoms with Crippen molar-refractivity contribution in [3.63, 3.8) is 0 Å². The van der Waals surface area contributed by atoms with Crippen molar-refractivity contribution in [3.8, 4) is 6.07 Å². The van der Waals surface area contributed by atoms with Crippen molar-refractivity contribution in [2.75, 3.05) is 11.9 Å². The van der Waals surface area contributed by atoms with E-state index in [-0.39, 0.29) is 0 Å². The summed E-state index contributed by atoms with van der Waals surface area (Å²) in [7, 11) is 0. The van der Waals surface area contributed by atoms with Crippen molar-refractivity contribution in [1.29, 1.82) is 5.26 Å². The number of nitrogens with one attached hydrogen (secondary N) is 1. The second-order valence-electron chi connectivity index (χ2n) is 3.51. The fourth-order valence-electron chi connectivity index (χ4n) is 1.35. The largest absolute Gasteiger partial charge is 0.334 e. The lowest BCUT2D eigenvalue weighted by atomic mass is 10.2. The van der Waals surface area contributed by atoms with E-state index >= 15 is 0 Å². The molecule has 3 nitrogen and oxygen atoms in total. The Morgan fingerprint density at radius 1 is 1.62 bits per heavy atom. The van der Waals surface area contributed by atoms with Crippen LogP contribution in [0, 0.1) is 11.3 Å². The average molecular weight is 252 g/mol. The summed E-state index contributed by atoms with van der Waals surface area (Å²) in [6, 6.07) is 7.23. The highest BCUT2D eigenvalue weighted by molar-refractivity contribution is 8.15. The van der Waals surface area contributed by atoms with Gasteiger partial charge in [0.15, 0.2) is 5.17 Å². The van der Waals surface area contributed by atoms with Gasteiger partial charge in [-0.3, -0.25) is 4.99 Å². The summed E-state index contributed by atoms with van der Waals surface area (Å²) < 4.78 is 0. The number of benzene rings is 1. The van der Waals surface area contributed by atoms with Gasteiger partial charge in [0.2, 0.25) is 0 Å². The molecule has 16 heavy (non-hydrogen) atoms. The maximum Gasteiger partial charge on any atom is 0.161 e. The lowest BCUT2D eigenvalue weighted by Gasteiger charge is -2.07. The summed E-state index contributed by atoms with van der Waals surface area (Å²) in [6.45, 7) is 2.96. The van der Waals surface area contributed by atoms with Crippen LogP contribution in [0.1, 0.15) is 12.5 Å². The Morgan fingerprint density at radius 2 is 2.44 bits per heavy atom. The first kappa shape index (κ1) is 11.3. The van der Waals surface area contributed by atoms with Gasteiger partial charge in [-0.15, -0.1) is 0 Å². The molecule has 0 radical (unpaired) electrons. The monoisotopic (exact) mass is 251 g/mol. The van der Waals surface area contributed by atoms with Gasteiger partial charge in [-0.05, 0) is 18.2 Å². The molecular formula is C11H10ClN3S. The van der Waals surface area contributed by atoms with E-state index in [1.807, 2.05) is 6.07 Å². The molecule has 82 valence electrons. The number of hydrogen-bond acceptors (Lipinski definition) is 4. The highest BCUT2D eigenvalue weighted by atomic mass is 35.5. The Labute approximate surface area is 104 Å². The summed E-state index contributed by atoms with van der Waals surface area (Å²) in [4.78, 5) is 4.34. The van der Waals surface area contributed by atoms with E-state index in [1.165, 1.54) is 0 Å². The standard InChI is InChI=1S/C11H10ClN3S/c1-7-6-14-11(16-7)15-10-3-2-8(5-13)4-9(10)12/h2-4,7H,6H2,1H3,(H,14,15). The topological polar surface area (TPSA) is 48.2 Å². The summed E-state index contributed by atoms with van der Waals surface area (Å²) in [5, 5.41) is 13.8. The zero-order chi connectivity index (χ0) is 11.5. The van der Waals surface area contributed by atoms with Gasteiger partial charge in [-0.1, -0.05) is 30.3 Å². The summed E-state index contributed by atoms with van der Waals surface area (Å²) in [5.74, 6) is 0. The van der Waals surface area contributed by atoms with E-state index < -0.39 is 0 Å². The van der Waals surface area contributed by atoms with E-state index in [0.29, 0.717) is 15.8 Å². The molecule has 0 bridgehead atoms. The predicted molar refractivity (Wildman–Crippen MR) is 69.1 cm³/mol. The van der Waals surface area contributed by atoms with Gasteiger partial charge < -0.3 is 5.32 Å². The van der Waals surface area contributed by atoms with E-state index in [2.05, 4.69) is 17.2 Å². The molecule has 0 amide bonds. The van der Waals surface area contributed by atoms with Crippen LogP contribution in [0.25, 0.3) is 0 Å². The summed E-state index contributed by atoms with van der Waals surface area (Å²) >= 11 is 7.74. The van der Waals surface area contributed by atoms with E-state index in [9.17, 15) is 0 Å². The normalized spacial score (nSPS) is 19.1. The van der Waals surface area contributed by atoms with Gasteiger partial charge in [0.05, 0.1) is 28.9 Å². The van der Waals surface area contributed by atoms with Crippen molar-refractivity contribution in [2.24, 2.45) is 4.99 Å². The molecule has 0 aliphatic carbocycles. The van der Waals surface area contributed by atoms with Crippen molar-refractivity contribution in [1.82, 2.24) is 0 Å². The average Bonchev–Trinajstić information content (AvgIpc) is 2.67. The molecule has 1 heterocycles. The van der Waals surface area contributed by atoms with Gasteiger partial charge >= 0.3 is 0 Å². The number of amidine groups is 1. The van der Waals surface area contributed by atoms with Crippen molar-refractivity contribution in [3.05, 3.63) is 28.8 Å². The Bertz CT molecular complexity index is 479. The Balaban J connectivity index is 2.14. The third-order valence-electron chi connectivity index (χ3n) is 2.14. The van der Waals surface area contributed by atoms with Crippen LogP contribution in [0.15, 0.2) is 23.2 Å². The molecule has 1 aromatic carbocycles. The molecule has 0 saturated heterocycles. The minimum absolute atomic E-state index is 0.514. The Hall–Kier alpha value is -1.18. The van der Waals surface area contributed by atoms with E-state index in [0.717, 1.165) is 17.4 Å². The zero-order valence-electron chi connectivity index (χ0n) is 8.70. The fourth-order valence-corrected chi connectivity index (χ4v) is 2.42. The van der Waals surface area contributed by atoms with Crippen LogP contribution in [-0.4, -0.2) is 17.0 Å². The maximum atomic E-state index is 8.71. The number of halogens is 1. The number of thioether (sulfide) groups is 1. The zero-order valence-corrected chi connectivity index (χ0v) is 10.3. The molecule has 1 aliphatic rings. The third kappa shape index (κ3) is 2.49. The summed E-state index contributed by atoms with van der Waals surface area (Å²) in [6.07, 6.45) is 0. The first-order chi connectivity index (χ1) is 7.69. The van der Waals surface area contributed by atoms with Crippen molar-refractivity contribution >= 4 is 34.2 Å². The molecule has 1 N–H and O–H groups in total. The molecule has 0 saturated carbocycles. The van der Waals surface area contributed by atoms with Crippen LogP contribution in [0.4, 0.5) is 5.69 Å².